The summed E-state index contributed by atoms with van der Waals surface area (Å²) in [5.41, 5.74) is 4.05. The van der Waals surface area contributed by atoms with E-state index in [1.807, 2.05) is 43.3 Å². The topological polar surface area (TPSA) is 71.5 Å². The first-order valence-electron chi connectivity index (χ1n) is 9.37. The standard InChI is InChI=1S/C22H21N3O3S/c1-4-18-20(14-8-9-17-16(11-14)25(3)19(26)12-28-17)23-22(29-18)24-21(27)15-7-5-6-13(2)10-15/h5-11H,4,12H2,1-3H3,(H,23,24,27). The zero-order valence-electron chi connectivity index (χ0n) is 16.5. The van der Waals surface area contributed by atoms with E-state index >= 15 is 0 Å². The van der Waals surface area contributed by atoms with Crippen LogP contribution < -0.4 is 15.0 Å². The van der Waals surface area contributed by atoms with Crippen molar-refractivity contribution in [1.29, 1.82) is 0 Å². The van der Waals surface area contributed by atoms with Crippen LogP contribution in [0.5, 0.6) is 5.75 Å². The number of hydrogen-bond donors (Lipinski definition) is 1. The van der Waals surface area contributed by atoms with E-state index in [1.54, 1.807) is 18.0 Å². The second-order valence-electron chi connectivity index (χ2n) is 6.89. The van der Waals surface area contributed by atoms with Crippen molar-refractivity contribution >= 4 is 34.0 Å². The van der Waals surface area contributed by atoms with Gasteiger partial charge in [0, 0.05) is 23.1 Å². The number of carbonyl (C=O) groups is 2. The minimum Gasteiger partial charge on any atom is -0.482 e. The molecule has 1 aromatic heterocycles. The Kier molecular flexibility index (Phi) is 5.07. The van der Waals surface area contributed by atoms with Crippen molar-refractivity contribution in [2.75, 3.05) is 23.9 Å². The zero-order valence-corrected chi connectivity index (χ0v) is 17.3. The van der Waals surface area contributed by atoms with Crippen molar-refractivity contribution < 1.29 is 14.3 Å². The van der Waals surface area contributed by atoms with Crippen molar-refractivity contribution in [2.45, 2.75) is 20.3 Å². The lowest BCUT2D eigenvalue weighted by molar-refractivity contribution is -0.120. The van der Waals surface area contributed by atoms with Crippen LogP contribution in [-0.2, 0) is 11.2 Å². The number of nitrogens with zero attached hydrogens (tertiary/aromatic N) is 2. The van der Waals surface area contributed by atoms with Crippen LogP contribution >= 0.6 is 11.3 Å². The highest BCUT2D eigenvalue weighted by Crippen LogP contribution is 2.38. The molecule has 0 atom stereocenters. The van der Waals surface area contributed by atoms with Crippen LogP contribution in [0.4, 0.5) is 10.8 Å². The van der Waals surface area contributed by atoms with Crippen molar-refractivity contribution in [3.05, 3.63) is 58.5 Å². The Bertz CT molecular complexity index is 1110. The van der Waals surface area contributed by atoms with Gasteiger partial charge in [0.25, 0.3) is 11.8 Å². The summed E-state index contributed by atoms with van der Waals surface area (Å²) in [6.07, 6.45) is 0.787. The maximum atomic E-state index is 12.6. The van der Waals surface area contributed by atoms with Crippen molar-refractivity contribution in [1.82, 2.24) is 4.98 Å². The normalized spacial score (nSPS) is 13.1. The van der Waals surface area contributed by atoms with E-state index in [0.717, 1.165) is 33.8 Å². The molecule has 0 spiro atoms. The number of carbonyl (C=O) groups excluding carboxylic acids is 2. The van der Waals surface area contributed by atoms with E-state index in [-0.39, 0.29) is 18.4 Å². The predicted octanol–water partition coefficient (Wildman–Crippen LogP) is 4.29. The van der Waals surface area contributed by atoms with Crippen LogP contribution in [0.1, 0.15) is 27.7 Å². The molecular formula is C22H21N3O3S. The summed E-state index contributed by atoms with van der Waals surface area (Å²) < 4.78 is 5.50. The lowest BCUT2D eigenvalue weighted by atomic mass is 10.1. The van der Waals surface area contributed by atoms with Crippen molar-refractivity contribution in [3.63, 3.8) is 0 Å². The summed E-state index contributed by atoms with van der Waals surface area (Å²) in [4.78, 5) is 31.9. The fourth-order valence-corrected chi connectivity index (χ4v) is 4.16. The van der Waals surface area contributed by atoms with Gasteiger partial charge in [-0.15, -0.1) is 11.3 Å². The maximum Gasteiger partial charge on any atom is 0.264 e. The molecule has 0 saturated carbocycles. The molecule has 1 aliphatic rings. The summed E-state index contributed by atoms with van der Waals surface area (Å²) in [6, 6.07) is 13.2. The minimum absolute atomic E-state index is 0.0505. The molecular weight excluding hydrogens is 386 g/mol. The van der Waals surface area contributed by atoms with E-state index in [9.17, 15) is 9.59 Å². The Labute approximate surface area is 173 Å². The molecule has 7 heteroatoms. The van der Waals surface area contributed by atoms with Crippen LogP contribution in [0.3, 0.4) is 0 Å². The molecule has 6 nitrogen and oxygen atoms in total. The molecule has 2 heterocycles. The maximum absolute atomic E-state index is 12.6. The average Bonchev–Trinajstić information content (AvgIpc) is 3.13. The molecule has 148 valence electrons. The number of amides is 2. The molecule has 2 aromatic carbocycles. The fourth-order valence-electron chi connectivity index (χ4n) is 3.25. The average molecular weight is 407 g/mol. The summed E-state index contributed by atoms with van der Waals surface area (Å²) in [5.74, 6) is 0.410. The molecule has 4 rings (SSSR count). The number of anilines is 2. The van der Waals surface area contributed by atoms with E-state index in [0.29, 0.717) is 16.4 Å². The van der Waals surface area contributed by atoms with Crippen LogP contribution in [0.15, 0.2) is 42.5 Å². The summed E-state index contributed by atoms with van der Waals surface area (Å²) in [5, 5.41) is 3.46. The highest BCUT2D eigenvalue weighted by molar-refractivity contribution is 7.16. The molecule has 0 radical (unpaired) electrons. The summed E-state index contributed by atoms with van der Waals surface area (Å²) >= 11 is 1.47. The van der Waals surface area contributed by atoms with Gasteiger partial charge >= 0.3 is 0 Å². The highest BCUT2D eigenvalue weighted by Gasteiger charge is 2.24. The third kappa shape index (κ3) is 3.73. The first-order valence-corrected chi connectivity index (χ1v) is 10.2. The van der Waals surface area contributed by atoms with Gasteiger partial charge in [-0.3, -0.25) is 14.9 Å². The minimum atomic E-state index is -0.180. The first-order chi connectivity index (χ1) is 14.0. The summed E-state index contributed by atoms with van der Waals surface area (Å²) in [6.45, 7) is 4.06. The number of thiazole rings is 1. The smallest absolute Gasteiger partial charge is 0.264 e. The van der Waals surface area contributed by atoms with Gasteiger partial charge in [0.2, 0.25) is 0 Å². The highest BCUT2D eigenvalue weighted by atomic mass is 32.1. The molecule has 0 unspecified atom stereocenters. The third-order valence-corrected chi connectivity index (χ3v) is 5.95. The zero-order chi connectivity index (χ0) is 20.5. The molecule has 0 bridgehead atoms. The Morgan fingerprint density at radius 3 is 2.86 bits per heavy atom. The molecule has 1 N–H and O–H groups in total. The first kappa shape index (κ1) is 19.1. The van der Waals surface area contributed by atoms with Crippen LogP contribution in [-0.4, -0.2) is 30.5 Å². The molecule has 1 aliphatic heterocycles. The van der Waals surface area contributed by atoms with Gasteiger partial charge < -0.3 is 9.64 Å². The number of likely N-dealkylation sites (N-methyl/N-ethyl adjacent to an activating group) is 1. The number of hydrogen-bond acceptors (Lipinski definition) is 5. The fraction of sp³-hybridized carbons (Fsp3) is 0.227. The Morgan fingerprint density at radius 1 is 1.28 bits per heavy atom. The van der Waals surface area contributed by atoms with Gasteiger partial charge in [0.1, 0.15) is 5.75 Å². The number of aryl methyl sites for hydroxylation is 2. The SMILES string of the molecule is CCc1sc(NC(=O)c2cccc(C)c2)nc1-c1ccc2c(c1)N(C)C(=O)CO2. The summed E-state index contributed by atoms with van der Waals surface area (Å²) in [7, 11) is 1.74. The van der Waals surface area contributed by atoms with Gasteiger partial charge in [-0.05, 0) is 43.7 Å². The van der Waals surface area contributed by atoms with Gasteiger partial charge in [0.15, 0.2) is 11.7 Å². The lowest BCUT2D eigenvalue weighted by Gasteiger charge is -2.26. The third-order valence-electron chi connectivity index (χ3n) is 4.84. The van der Waals surface area contributed by atoms with Gasteiger partial charge in [0.05, 0.1) is 11.4 Å². The molecule has 0 fully saturated rings. The Morgan fingerprint density at radius 2 is 2.10 bits per heavy atom. The quantitative estimate of drug-likeness (QED) is 0.700. The van der Waals surface area contributed by atoms with E-state index in [4.69, 9.17) is 4.74 Å². The number of fused-ring (bicyclic) bond motifs is 1. The number of ether oxygens (including phenoxy) is 1. The largest absolute Gasteiger partial charge is 0.482 e. The van der Waals surface area contributed by atoms with Crippen molar-refractivity contribution in [3.8, 4) is 17.0 Å². The van der Waals surface area contributed by atoms with Gasteiger partial charge in [-0.1, -0.05) is 24.6 Å². The van der Waals surface area contributed by atoms with Crippen LogP contribution in [0.25, 0.3) is 11.3 Å². The van der Waals surface area contributed by atoms with Crippen LogP contribution in [0, 0.1) is 6.92 Å². The number of nitrogens with one attached hydrogen (secondary N) is 1. The number of rotatable bonds is 4. The van der Waals surface area contributed by atoms with Crippen molar-refractivity contribution in [2.24, 2.45) is 0 Å². The van der Waals surface area contributed by atoms with Gasteiger partial charge in [-0.25, -0.2) is 4.98 Å². The Hall–Kier alpha value is -3.19. The van der Waals surface area contributed by atoms with Gasteiger partial charge in [-0.2, -0.15) is 0 Å². The van der Waals surface area contributed by atoms with E-state index in [1.165, 1.54) is 11.3 Å². The molecule has 2 amide bonds. The van der Waals surface area contributed by atoms with E-state index < -0.39 is 0 Å². The number of aromatic nitrogens is 1. The molecule has 29 heavy (non-hydrogen) atoms. The predicted molar refractivity (Wildman–Crippen MR) is 115 cm³/mol. The second kappa shape index (κ2) is 7.67. The molecule has 0 saturated heterocycles. The van der Waals surface area contributed by atoms with E-state index in [2.05, 4.69) is 17.2 Å². The van der Waals surface area contributed by atoms with Crippen LogP contribution in [0.2, 0.25) is 0 Å². The molecule has 0 aliphatic carbocycles. The number of benzene rings is 2. The lowest BCUT2D eigenvalue weighted by Crippen LogP contribution is -2.35. The monoisotopic (exact) mass is 407 g/mol. The Balaban J connectivity index is 1.65. The second-order valence-corrected chi connectivity index (χ2v) is 7.98. The molecule has 3 aromatic rings.